The van der Waals surface area contributed by atoms with Gasteiger partial charge in [-0.15, -0.1) is 0 Å². The van der Waals surface area contributed by atoms with Crippen molar-refractivity contribution in [3.63, 3.8) is 0 Å². The first kappa shape index (κ1) is 20.2. The Morgan fingerprint density at radius 1 is 1.37 bits per heavy atom. The molecule has 3 aromatic rings. The van der Waals surface area contributed by atoms with Crippen molar-refractivity contribution < 1.29 is 18.3 Å². The first-order valence-electron chi connectivity index (χ1n) is 9.40. The molecule has 4 rings (SSSR count). The predicted octanol–water partition coefficient (Wildman–Crippen LogP) is 3.54. The number of benzene rings is 1. The number of nitrogens with two attached hydrogens (primary N) is 1. The zero-order valence-corrected chi connectivity index (χ0v) is 16.7. The molecule has 6 nitrogen and oxygen atoms in total. The molecule has 0 fully saturated rings. The lowest BCUT2D eigenvalue weighted by Gasteiger charge is -2.13. The predicted molar refractivity (Wildman–Crippen MR) is 107 cm³/mol. The summed E-state index contributed by atoms with van der Waals surface area (Å²) in [5.41, 5.74) is 8.18. The largest absolute Gasteiger partial charge is 0.481 e. The van der Waals surface area contributed by atoms with Gasteiger partial charge in [0.05, 0.1) is 34.4 Å². The number of halogens is 2. The molecular weight excluding hydrogens is 410 g/mol. The molecule has 0 saturated carbocycles. The topological polar surface area (TPSA) is 93.9 Å². The van der Waals surface area contributed by atoms with Crippen LogP contribution in [0.25, 0.3) is 11.3 Å². The number of fused-ring (bicyclic) bond motifs is 3. The second-order valence-corrected chi connectivity index (χ2v) is 8.10. The summed E-state index contributed by atoms with van der Waals surface area (Å²) in [7, 11) is 0. The van der Waals surface area contributed by atoms with Crippen molar-refractivity contribution in [3.8, 4) is 22.4 Å². The van der Waals surface area contributed by atoms with Crippen LogP contribution in [0.15, 0.2) is 30.5 Å². The number of carbonyl (C=O) groups excluding carboxylic acids is 1. The van der Waals surface area contributed by atoms with Gasteiger partial charge in [0.15, 0.2) is 22.5 Å². The lowest BCUT2D eigenvalue weighted by Crippen LogP contribution is -2.20. The fourth-order valence-corrected chi connectivity index (χ4v) is 4.51. The summed E-state index contributed by atoms with van der Waals surface area (Å²) in [6, 6.07) is 7.56. The number of hydrogen-bond donors (Lipinski definition) is 1. The quantitative estimate of drug-likeness (QED) is 0.606. The molecule has 0 aliphatic carbocycles. The van der Waals surface area contributed by atoms with E-state index >= 15 is 0 Å². The van der Waals surface area contributed by atoms with E-state index < -0.39 is 11.6 Å². The van der Waals surface area contributed by atoms with Gasteiger partial charge in [0.1, 0.15) is 12.7 Å². The van der Waals surface area contributed by atoms with Crippen LogP contribution in [0.3, 0.4) is 0 Å². The lowest BCUT2D eigenvalue weighted by molar-refractivity contribution is 0.0966. The highest BCUT2D eigenvalue weighted by Gasteiger charge is 2.26. The normalized spacial score (nSPS) is 13.5. The SMILES string of the molecule is N#Cc1cnn2c1-c1cc(C(=O)CC(CN)Cc3ccc(F)c(F)c3)sc1OCC2. The molecule has 3 heterocycles. The van der Waals surface area contributed by atoms with Crippen LogP contribution in [-0.4, -0.2) is 28.7 Å². The number of nitrogens with zero attached hydrogens (tertiary/aromatic N) is 3. The van der Waals surface area contributed by atoms with E-state index in [1.54, 1.807) is 10.7 Å². The van der Waals surface area contributed by atoms with E-state index in [9.17, 15) is 18.8 Å². The van der Waals surface area contributed by atoms with Crippen molar-refractivity contribution in [2.24, 2.45) is 11.7 Å². The van der Waals surface area contributed by atoms with Gasteiger partial charge in [-0.1, -0.05) is 17.4 Å². The molecule has 9 heteroatoms. The number of aromatic nitrogens is 2. The van der Waals surface area contributed by atoms with E-state index in [0.29, 0.717) is 51.9 Å². The van der Waals surface area contributed by atoms with Crippen LogP contribution < -0.4 is 10.5 Å². The minimum absolute atomic E-state index is 0.112. The maximum absolute atomic E-state index is 13.5. The van der Waals surface area contributed by atoms with Crippen molar-refractivity contribution in [3.05, 3.63) is 58.1 Å². The summed E-state index contributed by atoms with van der Waals surface area (Å²) < 4.78 is 34.1. The van der Waals surface area contributed by atoms with Gasteiger partial charge in [-0.25, -0.2) is 8.78 Å². The molecule has 1 aliphatic rings. The molecule has 0 bridgehead atoms. The van der Waals surface area contributed by atoms with E-state index in [1.807, 2.05) is 0 Å². The zero-order chi connectivity index (χ0) is 21.3. The molecule has 1 aliphatic heterocycles. The highest BCUT2D eigenvalue weighted by atomic mass is 32.1. The molecule has 0 amide bonds. The van der Waals surface area contributed by atoms with Gasteiger partial charge in [0, 0.05) is 6.42 Å². The Morgan fingerprint density at radius 2 is 2.20 bits per heavy atom. The van der Waals surface area contributed by atoms with E-state index in [4.69, 9.17) is 10.5 Å². The van der Waals surface area contributed by atoms with E-state index in [2.05, 4.69) is 11.2 Å². The Morgan fingerprint density at radius 3 is 2.93 bits per heavy atom. The summed E-state index contributed by atoms with van der Waals surface area (Å²) in [6.45, 7) is 1.14. The van der Waals surface area contributed by atoms with Gasteiger partial charge in [-0.3, -0.25) is 9.48 Å². The standard InChI is InChI=1S/C21H18F2N4O2S/c22-16-2-1-12(6-17(16)23)5-13(9-24)7-18(28)19-8-15-20-14(10-25)11-26-27(20)3-4-29-21(15)30-19/h1-2,6,8,11,13H,3-5,7,9,24H2. The molecule has 1 aromatic carbocycles. The second kappa shape index (κ2) is 8.34. The molecule has 0 radical (unpaired) electrons. The Bertz CT molecular complexity index is 1150. The minimum atomic E-state index is -0.918. The average Bonchev–Trinajstić information content (AvgIpc) is 3.30. The molecule has 2 N–H and O–H groups in total. The van der Waals surface area contributed by atoms with Crippen molar-refractivity contribution in [2.75, 3.05) is 13.2 Å². The van der Waals surface area contributed by atoms with E-state index in [1.165, 1.54) is 23.6 Å². The van der Waals surface area contributed by atoms with Crippen molar-refractivity contribution in [1.29, 1.82) is 5.26 Å². The number of Topliss-reactive ketones (excluding diaryl/α,β-unsaturated/α-hetero) is 1. The molecule has 154 valence electrons. The number of ketones is 1. The fourth-order valence-electron chi connectivity index (χ4n) is 3.53. The summed E-state index contributed by atoms with van der Waals surface area (Å²) >= 11 is 1.23. The van der Waals surface area contributed by atoms with Gasteiger partial charge in [0.2, 0.25) is 0 Å². The minimum Gasteiger partial charge on any atom is -0.481 e. The molecule has 1 atom stereocenters. The smallest absolute Gasteiger partial charge is 0.184 e. The summed E-state index contributed by atoms with van der Waals surface area (Å²) in [6.07, 6.45) is 2.04. The highest BCUT2D eigenvalue weighted by molar-refractivity contribution is 7.16. The van der Waals surface area contributed by atoms with Crippen LogP contribution in [0, 0.1) is 28.9 Å². The number of hydrogen-bond acceptors (Lipinski definition) is 6. The summed E-state index contributed by atoms with van der Waals surface area (Å²) in [5.74, 6) is -2.15. The Hall–Kier alpha value is -3.09. The van der Waals surface area contributed by atoms with Crippen LogP contribution in [-0.2, 0) is 13.0 Å². The van der Waals surface area contributed by atoms with Gasteiger partial charge < -0.3 is 10.5 Å². The number of thiophene rings is 1. The van der Waals surface area contributed by atoms with Crippen LogP contribution in [0.5, 0.6) is 5.06 Å². The third kappa shape index (κ3) is 3.84. The molecule has 0 spiro atoms. The Balaban J connectivity index is 1.55. The van der Waals surface area contributed by atoms with Crippen molar-refractivity contribution in [2.45, 2.75) is 19.4 Å². The highest BCUT2D eigenvalue weighted by Crippen LogP contribution is 2.41. The summed E-state index contributed by atoms with van der Waals surface area (Å²) in [5, 5.41) is 14.2. The van der Waals surface area contributed by atoms with E-state index in [-0.39, 0.29) is 24.7 Å². The van der Waals surface area contributed by atoms with Crippen LogP contribution in [0.2, 0.25) is 0 Å². The number of nitriles is 1. The maximum atomic E-state index is 13.5. The van der Waals surface area contributed by atoms with Gasteiger partial charge in [0.25, 0.3) is 0 Å². The first-order chi connectivity index (χ1) is 14.5. The van der Waals surface area contributed by atoms with Crippen LogP contribution in [0.1, 0.15) is 27.2 Å². The Kier molecular flexibility index (Phi) is 5.61. The number of ether oxygens (including phenoxy) is 1. The lowest BCUT2D eigenvalue weighted by atomic mass is 9.93. The number of carbonyl (C=O) groups is 1. The van der Waals surface area contributed by atoms with Gasteiger partial charge in [-0.05, 0) is 42.6 Å². The third-order valence-corrected chi connectivity index (χ3v) is 6.13. The first-order valence-corrected chi connectivity index (χ1v) is 10.2. The second-order valence-electron chi connectivity index (χ2n) is 7.08. The van der Waals surface area contributed by atoms with Gasteiger partial charge in [-0.2, -0.15) is 10.4 Å². The Labute approximate surface area is 175 Å². The molecular formula is C21H18F2N4O2S. The fraction of sp³-hybridized carbons (Fsp3) is 0.286. The molecule has 30 heavy (non-hydrogen) atoms. The van der Waals surface area contributed by atoms with Gasteiger partial charge >= 0.3 is 0 Å². The number of rotatable bonds is 6. The van der Waals surface area contributed by atoms with Crippen molar-refractivity contribution in [1.82, 2.24) is 9.78 Å². The summed E-state index contributed by atoms with van der Waals surface area (Å²) in [4.78, 5) is 13.4. The van der Waals surface area contributed by atoms with E-state index in [0.717, 1.165) is 12.1 Å². The van der Waals surface area contributed by atoms with Crippen molar-refractivity contribution >= 4 is 17.1 Å². The molecule has 1 unspecified atom stereocenters. The maximum Gasteiger partial charge on any atom is 0.184 e. The molecule has 0 saturated heterocycles. The molecule has 2 aromatic heterocycles. The van der Waals surface area contributed by atoms with Crippen LogP contribution >= 0.6 is 11.3 Å². The third-order valence-electron chi connectivity index (χ3n) is 5.04. The monoisotopic (exact) mass is 428 g/mol. The average molecular weight is 428 g/mol. The zero-order valence-electron chi connectivity index (χ0n) is 15.9. The van der Waals surface area contributed by atoms with Crippen LogP contribution in [0.4, 0.5) is 8.78 Å².